The Morgan fingerprint density at radius 1 is 1.06 bits per heavy atom. The first-order chi connectivity index (χ1) is 14.9. The molecule has 1 saturated heterocycles. The van der Waals surface area contributed by atoms with Gasteiger partial charge in [0.05, 0.1) is 5.52 Å². The minimum atomic E-state index is -0.576. The summed E-state index contributed by atoms with van der Waals surface area (Å²) in [6.45, 7) is 11.9. The molecule has 2 aliphatic rings. The second kappa shape index (κ2) is 8.01. The summed E-state index contributed by atoms with van der Waals surface area (Å²) in [5.74, 6) is 1.18. The van der Waals surface area contributed by atoms with Gasteiger partial charge in [0.25, 0.3) is 0 Å². The van der Waals surface area contributed by atoms with Crippen molar-refractivity contribution in [2.24, 2.45) is 5.92 Å². The van der Waals surface area contributed by atoms with E-state index in [0.29, 0.717) is 18.7 Å². The van der Waals surface area contributed by atoms with Gasteiger partial charge in [-0.1, -0.05) is 12.1 Å². The van der Waals surface area contributed by atoms with E-state index >= 15 is 0 Å². The zero-order valence-electron chi connectivity index (χ0n) is 19.8. The van der Waals surface area contributed by atoms with Gasteiger partial charge in [-0.05, 0) is 83.2 Å². The Morgan fingerprint density at radius 2 is 1.72 bits per heavy atom. The molecule has 1 aliphatic carbocycles. The molecule has 1 aliphatic heterocycles. The molecule has 6 nitrogen and oxygen atoms in total. The number of carbonyl (C=O) groups is 2. The Hall–Kier alpha value is -2.15. The first kappa shape index (κ1) is 23.0. The van der Waals surface area contributed by atoms with Crippen LogP contribution in [0.1, 0.15) is 65.0 Å². The third kappa shape index (κ3) is 4.36. The summed E-state index contributed by atoms with van der Waals surface area (Å²) in [7, 11) is 0. The summed E-state index contributed by atoms with van der Waals surface area (Å²) < 4.78 is 13.0. The maximum absolute atomic E-state index is 13.2. The minimum absolute atomic E-state index is 0.00595. The van der Waals surface area contributed by atoms with Gasteiger partial charge in [0, 0.05) is 30.1 Å². The zero-order chi connectivity index (χ0) is 23.4. The fraction of sp³-hybridized carbons (Fsp3) is 0.600. The number of thiol groups is 1. The highest BCUT2D eigenvalue weighted by Crippen LogP contribution is 2.46. The van der Waals surface area contributed by atoms with E-state index < -0.39 is 11.2 Å². The van der Waals surface area contributed by atoms with Gasteiger partial charge in [0.15, 0.2) is 0 Å². The average molecular weight is 459 g/mol. The Labute approximate surface area is 195 Å². The number of amides is 1. The highest BCUT2D eigenvalue weighted by molar-refractivity contribution is 7.80. The zero-order valence-corrected chi connectivity index (χ0v) is 20.7. The van der Waals surface area contributed by atoms with Crippen LogP contribution in [-0.4, -0.2) is 51.2 Å². The molecule has 1 amide bonds. The summed E-state index contributed by atoms with van der Waals surface area (Å²) in [4.78, 5) is 28.0. The number of nitrogens with zero attached hydrogens (tertiary/aromatic N) is 2. The number of piperidine rings is 1. The summed E-state index contributed by atoms with van der Waals surface area (Å²) in [5, 5.41) is 1.11. The minimum Gasteiger partial charge on any atom is -0.444 e. The Kier molecular flexibility index (Phi) is 5.76. The van der Waals surface area contributed by atoms with E-state index in [9.17, 15) is 9.59 Å². The van der Waals surface area contributed by atoms with E-state index in [4.69, 9.17) is 9.47 Å². The number of hydrogen-bond donors (Lipinski definition) is 1. The summed E-state index contributed by atoms with van der Waals surface area (Å²) >= 11 is 4.56. The lowest BCUT2D eigenvalue weighted by atomic mass is 9.72. The molecule has 2 heterocycles. The van der Waals surface area contributed by atoms with Gasteiger partial charge in [-0.2, -0.15) is 12.6 Å². The predicted molar refractivity (Wildman–Crippen MR) is 129 cm³/mol. The van der Waals surface area contributed by atoms with Gasteiger partial charge in [-0.3, -0.25) is 4.57 Å². The molecule has 1 aromatic heterocycles. The molecule has 0 saturated carbocycles. The smallest absolute Gasteiger partial charge is 0.419 e. The van der Waals surface area contributed by atoms with Gasteiger partial charge in [0.2, 0.25) is 0 Å². The predicted octanol–water partition coefficient (Wildman–Crippen LogP) is 5.62. The summed E-state index contributed by atoms with van der Waals surface area (Å²) in [6, 6.07) is 6.09. The summed E-state index contributed by atoms with van der Waals surface area (Å²) in [5.41, 5.74) is 1.99. The number of rotatable bonds is 1. The molecular formula is C25H34N2O4S. The van der Waals surface area contributed by atoms with Crippen molar-refractivity contribution >= 4 is 35.7 Å². The van der Waals surface area contributed by atoms with Gasteiger partial charge >= 0.3 is 12.2 Å². The second-order valence-electron chi connectivity index (χ2n) is 11.0. The van der Waals surface area contributed by atoms with E-state index in [-0.39, 0.29) is 30.1 Å². The molecule has 3 atom stereocenters. The largest absolute Gasteiger partial charge is 0.444 e. The lowest BCUT2D eigenvalue weighted by molar-refractivity contribution is -0.000204. The maximum atomic E-state index is 13.2. The van der Waals surface area contributed by atoms with Crippen molar-refractivity contribution in [3.63, 3.8) is 0 Å². The highest BCUT2D eigenvalue weighted by atomic mass is 32.1. The number of carbonyl (C=O) groups excluding carboxylic acids is 2. The van der Waals surface area contributed by atoms with Crippen LogP contribution in [0.4, 0.5) is 9.59 Å². The van der Waals surface area contributed by atoms with E-state index in [1.165, 1.54) is 5.56 Å². The van der Waals surface area contributed by atoms with E-state index in [1.807, 2.05) is 64.8 Å². The van der Waals surface area contributed by atoms with Crippen LogP contribution in [0.2, 0.25) is 0 Å². The topological polar surface area (TPSA) is 60.8 Å². The van der Waals surface area contributed by atoms with Crippen molar-refractivity contribution in [2.45, 2.75) is 77.5 Å². The fourth-order valence-electron chi connectivity index (χ4n) is 5.02. The van der Waals surface area contributed by atoms with Crippen LogP contribution in [0.3, 0.4) is 0 Å². The summed E-state index contributed by atoms with van der Waals surface area (Å²) in [6.07, 6.45) is 2.88. The van der Waals surface area contributed by atoms with Gasteiger partial charge in [-0.15, -0.1) is 0 Å². The van der Waals surface area contributed by atoms with E-state index in [0.717, 1.165) is 22.9 Å². The molecule has 1 fully saturated rings. The molecule has 2 aromatic rings. The van der Waals surface area contributed by atoms with Crippen molar-refractivity contribution < 1.29 is 19.1 Å². The molecular weight excluding hydrogens is 424 g/mol. The Bertz CT molecular complexity index is 1050. The number of ether oxygens (including phenoxy) is 2. The monoisotopic (exact) mass is 458 g/mol. The van der Waals surface area contributed by atoms with E-state index in [1.54, 1.807) is 4.57 Å². The van der Waals surface area contributed by atoms with Crippen molar-refractivity contribution in [1.29, 1.82) is 0 Å². The molecule has 0 unspecified atom stereocenters. The van der Waals surface area contributed by atoms with Gasteiger partial charge < -0.3 is 14.4 Å². The van der Waals surface area contributed by atoms with Crippen LogP contribution in [-0.2, 0) is 15.9 Å². The second-order valence-corrected chi connectivity index (χ2v) is 11.4. The first-order valence-electron chi connectivity index (χ1n) is 11.3. The van der Waals surface area contributed by atoms with Crippen LogP contribution >= 0.6 is 12.6 Å². The molecule has 0 spiro atoms. The quantitative estimate of drug-likeness (QED) is 0.564. The molecule has 32 heavy (non-hydrogen) atoms. The number of benzene rings is 1. The molecule has 0 N–H and O–H groups in total. The standard InChI is InChI=1S/C25H34N2O4S/c1-24(2,3)30-22(28)26-12-15(14-32)10-18-17-8-7-9-19-21(17)16(11-20(18)26)13-27(19)23(29)31-25(4,5)6/h7-9,13,15,18,20,32H,10-12,14H2,1-6H3/t15-,18-,20-/m1/s1. The molecule has 4 rings (SSSR count). The van der Waals surface area contributed by atoms with Crippen LogP contribution < -0.4 is 0 Å². The van der Waals surface area contributed by atoms with Crippen LogP contribution in [0.5, 0.6) is 0 Å². The fourth-order valence-corrected chi connectivity index (χ4v) is 5.28. The molecule has 1 aromatic carbocycles. The lowest BCUT2D eigenvalue weighted by Gasteiger charge is -2.46. The maximum Gasteiger partial charge on any atom is 0.419 e. The Morgan fingerprint density at radius 3 is 2.34 bits per heavy atom. The number of fused-ring (bicyclic) bond motifs is 2. The SMILES string of the molecule is CC(C)(C)OC(=O)N1C[C@H](CS)C[C@@H]2c3cccc4c3c(cn4C(=O)OC(C)(C)C)C[C@H]21. The third-order valence-corrected chi connectivity index (χ3v) is 6.67. The van der Waals surface area contributed by atoms with Crippen LogP contribution in [0, 0.1) is 5.92 Å². The third-order valence-electron chi connectivity index (χ3n) is 6.15. The van der Waals surface area contributed by atoms with Crippen molar-refractivity contribution in [3.8, 4) is 0 Å². The number of hydrogen-bond acceptors (Lipinski definition) is 5. The van der Waals surface area contributed by atoms with Crippen LogP contribution in [0.25, 0.3) is 10.9 Å². The lowest BCUT2D eigenvalue weighted by Crippen LogP contribution is -2.54. The molecule has 0 radical (unpaired) electrons. The normalized spacial score (nSPS) is 23.1. The molecule has 0 bridgehead atoms. The molecule has 7 heteroatoms. The van der Waals surface area contributed by atoms with Gasteiger partial charge in [-0.25, -0.2) is 9.59 Å². The van der Waals surface area contributed by atoms with Crippen LogP contribution in [0.15, 0.2) is 24.4 Å². The van der Waals surface area contributed by atoms with E-state index in [2.05, 4.69) is 18.7 Å². The highest BCUT2D eigenvalue weighted by Gasteiger charge is 2.44. The van der Waals surface area contributed by atoms with Gasteiger partial charge in [0.1, 0.15) is 11.2 Å². The van der Waals surface area contributed by atoms with Crippen molar-refractivity contribution in [3.05, 3.63) is 35.5 Å². The van der Waals surface area contributed by atoms with Crippen molar-refractivity contribution in [1.82, 2.24) is 9.47 Å². The van der Waals surface area contributed by atoms with Crippen molar-refractivity contribution in [2.75, 3.05) is 12.3 Å². The number of likely N-dealkylation sites (tertiary alicyclic amines) is 1. The Balaban J connectivity index is 1.76. The first-order valence-corrected chi connectivity index (χ1v) is 12.0. The number of aromatic nitrogens is 1. The average Bonchev–Trinajstić information content (AvgIpc) is 3.05. The molecule has 174 valence electrons.